The van der Waals surface area contributed by atoms with E-state index in [4.69, 9.17) is 0 Å². The highest BCUT2D eigenvalue weighted by atomic mass is 14.3. The first-order chi connectivity index (χ1) is 27.8. The van der Waals surface area contributed by atoms with Gasteiger partial charge in [-0.05, 0) is 174 Å². The van der Waals surface area contributed by atoms with E-state index in [0.717, 1.165) is 0 Å². The van der Waals surface area contributed by atoms with Crippen molar-refractivity contribution in [3.63, 3.8) is 0 Å². The Morgan fingerprint density at radius 2 is 0.214 bits per heavy atom. The van der Waals surface area contributed by atoms with Crippen LogP contribution in [0.2, 0.25) is 0 Å². The molecule has 0 bridgehead atoms. The van der Waals surface area contributed by atoms with Crippen molar-refractivity contribution in [2.45, 2.75) is 0 Å². The molecule has 0 aromatic heterocycles. The molecule has 56 heavy (non-hydrogen) atoms. The van der Waals surface area contributed by atoms with Crippen molar-refractivity contribution in [3.05, 3.63) is 158 Å². The van der Waals surface area contributed by atoms with Gasteiger partial charge in [0.1, 0.15) is 0 Å². The summed E-state index contributed by atoms with van der Waals surface area (Å²) < 4.78 is 0. The quantitative estimate of drug-likeness (QED) is 0.109. The molecule has 0 heterocycles. The predicted octanol–water partition coefficient (Wildman–Crippen LogP) is 16.2. The molecule has 0 fully saturated rings. The lowest BCUT2D eigenvalue weighted by atomic mass is 9.77. The predicted molar refractivity (Wildman–Crippen MR) is 245 cm³/mol. The SMILES string of the molecule is c1cc2ccc3cc4ccc5ccc6ccc7cc8ccc1c1c2c3c2c4c5c6c7c2c81.c1cc2ccc3ccc4ccc5ccc6ccc1c1c2c3c4c5c61. The van der Waals surface area contributed by atoms with Gasteiger partial charge in [-0.25, -0.2) is 0 Å². The first kappa shape index (κ1) is 27.3. The fraction of sp³-hybridized carbons (Fsp3) is 0. The zero-order valence-electron chi connectivity index (χ0n) is 30.0. The van der Waals surface area contributed by atoms with Gasteiger partial charge in [-0.1, -0.05) is 146 Å². The summed E-state index contributed by atoms with van der Waals surface area (Å²) in [6, 6.07) is 59.9. The molecule has 0 spiro atoms. The third kappa shape index (κ3) is 2.86. The van der Waals surface area contributed by atoms with Crippen LogP contribution in [0.25, 0.3) is 162 Å². The summed E-state index contributed by atoms with van der Waals surface area (Å²) in [6.45, 7) is 0. The average molecular weight is 699 g/mol. The average Bonchev–Trinajstić information content (AvgIpc) is 3.26. The molecule has 0 aliphatic carbocycles. The van der Waals surface area contributed by atoms with Crippen molar-refractivity contribution in [1.29, 1.82) is 0 Å². The van der Waals surface area contributed by atoms with Crippen molar-refractivity contribution in [3.8, 4) is 0 Å². The maximum Gasteiger partial charge on any atom is -0.0000929 e. The van der Waals surface area contributed by atoms with E-state index in [1.165, 1.54) is 162 Å². The fourth-order valence-corrected chi connectivity index (χ4v) is 12.1. The van der Waals surface area contributed by atoms with E-state index < -0.39 is 0 Å². The van der Waals surface area contributed by atoms with Crippen molar-refractivity contribution < 1.29 is 0 Å². The lowest BCUT2D eigenvalue weighted by molar-refractivity contribution is 1.80. The zero-order valence-corrected chi connectivity index (χ0v) is 30.0. The van der Waals surface area contributed by atoms with Crippen molar-refractivity contribution in [1.82, 2.24) is 0 Å². The lowest BCUT2D eigenvalue weighted by Crippen LogP contribution is -1.96. The molecule has 0 aliphatic heterocycles. The first-order valence-corrected chi connectivity index (χ1v) is 19.8. The third-order valence-corrected chi connectivity index (χ3v) is 14.2. The van der Waals surface area contributed by atoms with Gasteiger partial charge in [0.2, 0.25) is 0 Å². The van der Waals surface area contributed by atoms with E-state index >= 15 is 0 Å². The molecule has 0 N–H and O–H groups in total. The van der Waals surface area contributed by atoms with E-state index in [9.17, 15) is 0 Å². The highest BCUT2D eigenvalue weighted by Gasteiger charge is 2.26. The second-order valence-corrected chi connectivity index (χ2v) is 16.7. The van der Waals surface area contributed by atoms with Crippen LogP contribution in [0.4, 0.5) is 0 Å². The van der Waals surface area contributed by atoms with Gasteiger partial charge in [-0.3, -0.25) is 0 Å². The Morgan fingerprint density at radius 1 is 0.107 bits per heavy atom. The normalized spacial score (nSPS) is 13.4. The fourth-order valence-electron chi connectivity index (χ4n) is 12.1. The van der Waals surface area contributed by atoms with Crippen LogP contribution in [0.5, 0.6) is 0 Å². The largest absolute Gasteiger partial charge is 0.0537 e. The lowest BCUT2D eigenvalue weighted by Gasteiger charge is -2.25. The van der Waals surface area contributed by atoms with Crippen LogP contribution in [-0.2, 0) is 0 Å². The van der Waals surface area contributed by atoms with E-state index in [1.54, 1.807) is 0 Å². The summed E-state index contributed by atoms with van der Waals surface area (Å²) in [5.41, 5.74) is 0. The second-order valence-electron chi connectivity index (χ2n) is 16.7. The van der Waals surface area contributed by atoms with Crippen LogP contribution in [-0.4, -0.2) is 0 Å². The minimum Gasteiger partial charge on any atom is -0.0537 e. The third-order valence-electron chi connectivity index (χ3n) is 14.2. The van der Waals surface area contributed by atoms with Crippen LogP contribution >= 0.6 is 0 Å². The topological polar surface area (TPSA) is 0 Å². The van der Waals surface area contributed by atoms with Crippen LogP contribution in [0.15, 0.2) is 158 Å². The van der Waals surface area contributed by atoms with Crippen LogP contribution in [0.3, 0.4) is 0 Å². The highest BCUT2D eigenvalue weighted by molar-refractivity contribution is 6.53. The standard InChI is InChI=1S/C32H14.C24H12/c1-2-16-6-10-20-14-22-12-8-18-4-3-17-7-11-21-13-19-9-5-15(1)23-24(16)28(20)32-30(22)26(18)25(17)29(21)31(32)27(19)23;1-2-14-5-6-16-9-11-18-12-10-17-8-7-15-4-3-13(1)19-20(14)22(16)24(18)23(17)21(15)19/h1-14H;1-12H. The van der Waals surface area contributed by atoms with Gasteiger partial charge in [-0.2, -0.15) is 0 Å². The van der Waals surface area contributed by atoms with Crippen molar-refractivity contribution in [2.75, 3.05) is 0 Å². The molecule has 17 rings (SSSR count). The summed E-state index contributed by atoms with van der Waals surface area (Å²) in [6.07, 6.45) is 0. The van der Waals surface area contributed by atoms with Gasteiger partial charge in [0, 0.05) is 0 Å². The number of rotatable bonds is 0. The molecule has 0 saturated carbocycles. The Balaban J connectivity index is 0.000000111. The molecular formula is C56H26. The number of benzene rings is 17. The minimum atomic E-state index is 1.35. The van der Waals surface area contributed by atoms with Crippen LogP contribution in [0.1, 0.15) is 0 Å². The molecule has 17 aromatic carbocycles. The minimum absolute atomic E-state index is 1.35. The van der Waals surface area contributed by atoms with E-state index in [2.05, 4.69) is 158 Å². The first-order valence-electron chi connectivity index (χ1n) is 19.8. The van der Waals surface area contributed by atoms with Gasteiger partial charge >= 0.3 is 0 Å². The second kappa shape index (κ2) is 8.81. The van der Waals surface area contributed by atoms with Gasteiger partial charge < -0.3 is 0 Å². The molecule has 0 saturated heterocycles. The summed E-state index contributed by atoms with van der Waals surface area (Å²) in [4.78, 5) is 0. The van der Waals surface area contributed by atoms with Gasteiger partial charge in [-0.15, -0.1) is 0 Å². The Bertz CT molecular complexity index is 3710. The number of hydrogen-bond acceptors (Lipinski definition) is 0. The summed E-state index contributed by atoms with van der Waals surface area (Å²) in [5, 5.41) is 42.1. The molecule has 0 aliphatic rings. The Morgan fingerprint density at radius 3 is 0.357 bits per heavy atom. The van der Waals surface area contributed by atoms with Gasteiger partial charge in [0.25, 0.3) is 0 Å². The van der Waals surface area contributed by atoms with Crippen molar-refractivity contribution in [2.24, 2.45) is 0 Å². The van der Waals surface area contributed by atoms with Gasteiger partial charge in [0.15, 0.2) is 0 Å². The van der Waals surface area contributed by atoms with Gasteiger partial charge in [0.05, 0.1) is 0 Å². The Kier molecular flexibility index (Phi) is 4.30. The molecule has 250 valence electrons. The highest BCUT2D eigenvalue weighted by Crippen LogP contribution is 2.55. The van der Waals surface area contributed by atoms with E-state index in [-0.39, 0.29) is 0 Å². The molecule has 0 amide bonds. The monoisotopic (exact) mass is 698 g/mol. The maximum atomic E-state index is 2.42. The molecular weight excluding hydrogens is 673 g/mol. The van der Waals surface area contributed by atoms with Crippen LogP contribution < -0.4 is 0 Å². The number of hydrogen-bond donors (Lipinski definition) is 0. The van der Waals surface area contributed by atoms with E-state index in [0.29, 0.717) is 0 Å². The van der Waals surface area contributed by atoms with Crippen molar-refractivity contribution >= 4 is 162 Å². The molecule has 0 atom stereocenters. The molecule has 0 nitrogen and oxygen atoms in total. The summed E-state index contributed by atoms with van der Waals surface area (Å²) in [7, 11) is 0. The van der Waals surface area contributed by atoms with E-state index in [1.807, 2.05) is 0 Å². The molecule has 0 unspecified atom stereocenters. The Hall–Kier alpha value is -7.28. The zero-order chi connectivity index (χ0) is 35.7. The maximum absolute atomic E-state index is 2.42. The molecule has 17 aromatic rings. The molecule has 0 radical (unpaired) electrons. The van der Waals surface area contributed by atoms with Crippen LogP contribution in [0, 0.1) is 0 Å². The smallest absolute Gasteiger partial charge is 0.0000929 e. The summed E-state index contributed by atoms with van der Waals surface area (Å²) in [5.74, 6) is 0. The Labute approximate surface area is 318 Å². The molecule has 0 heteroatoms. The summed E-state index contributed by atoms with van der Waals surface area (Å²) >= 11 is 0.